The van der Waals surface area contributed by atoms with Gasteiger partial charge in [-0.05, 0) is 61.0 Å². The average Bonchev–Trinajstić information content (AvgIpc) is 3.09. The summed E-state index contributed by atoms with van der Waals surface area (Å²) in [6.07, 6.45) is 1.11. The molecule has 0 unspecified atom stereocenters. The first-order chi connectivity index (χ1) is 16.8. The van der Waals surface area contributed by atoms with Gasteiger partial charge in [0.15, 0.2) is 0 Å². The van der Waals surface area contributed by atoms with E-state index < -0.39 is 21.8 Å². The number of carbonyl (C=O) groups excluding carboxylic acids is 2. The van der Waals surface area contributed by atoms with E-state index in [1.807, 2.05) is 30.3 Å². The Hall–Kier alpha value is -4.15. The number of para-hydroxylation sites is 1. The fourth-order valence-corrected chi connectivity index (χ4v) is 4.79. The quantitative estimate of drug-likeness (QED) is 0.391. The summed E-state index contributed by atoms with van der Waals surface area (Å²) in [5.74, 6) is 0.0801. The highest BCUT2D eigenvalue weighted by atomic mass is 32.2. The van der Waals surface area contributed by atoms with Crippen molar-refractivity contribution < 1.29 is 27.9 Å². The standard InChI is InChI=1S/C25H23N3O6S/c1-17-7-8-19(26-22-16-24(30)28(13-14-29)25(22)31)15-23(17)35(32,33)27-18-9-11-21(12-10-18)34-20-5-3-2-4-6-20/h2-12,15-16,26-27,29H,13-14H2,1H3. The maximum atomic E-state index is 13.1. The van der Waals surface area contributed by atoms with Gasteiger partial charge in [0.25, 0.3) is 21.8 Å². The second-order valence-electron chi connectivity index (χ2n) is 7.73. The molecule has 0 aromatic heterocycles. The largest absolute Gasteiger partial charge is 0.457 e. The average molecular weight is 494 g/mol. The predicted molar refractivity (Wildman–Crippen MR) is 130 cm³/mol. The van der Waals surface area contributed by atoms with Crippen LogP contribution >= 0.6 is 0 Å². The summed E-state index contributed by atoms with van der Waals surface area (Å²) in [7, 11) is -3.96. The number of aryl methyl sites for hydroxylation is 1. The molecule has 0 saturated heterocycles. The molecule has 10 heteroatoms. The van der Waals surface area contributed by atoms with Gasteiger partial charge in [-0.15, -0.1) is 0 Å². The van der Waals surface area contributed by atoms with Gasteiger partial charge >= 0.3 is 0 Å². The van der Waals surface area contributed by atoms with Gasteiger partial charge in [0.1, 0.15) is 17.2 Å². The summed E-state index contributed by atoms with van der Waals surface area (Å²) < 4.78 is 34.5. The topological polar surface area (TPSA) is 125 Å². The number of hydrogen-bond donors (Lipinski definition) is 3. The number of nitrogens with one attached hydrogen (secondary N) is 2. The van der Waals surface area contributed by atoms with Crippen LogP contribution in [0.2, 0.25) is 0 Å². The van der Waals surface area contributed by atoms with Crippen molar-refractivity contribution in [2.24, 2.45) is 0 Å². The number of sulfonamides is 1. The minimum absolute atomic E-state index is 0.00221. The Kier molecular flexibility index (Phi) is 6.85. The number of aliphatic hydroxyl groups is 1. The lowest BCUT2D eigenvalue weighted by molar-refractivity contribution is -0.137. The number of rotatable bonds is 9. The van der Waals surface area contributed by atoms with Crippen LogP contribution in [0, 0.1) is 6.92 Å². The second kappa shape index (κ2) is 10.00. The molecule has 2 amide bonds. The van der Waals surface area contributed by atoms with Crippen LogP contribution < -0.4 is 14.8 Å². The lowest BCUT2D eigenvalue weighted by Gasteiger charge is -2.15. The third kappa shape index (κ3) is 5.51. The molecule has 3 aromatic rings. The first-order valence-corrected chi connectivity index (χ1v) is 12.2. The minimum atomic E-state index is -3.96. The van der Waals surface area contributed by atoms with Crippen LogP contribution in [0.5, 0.6) is 11.5 Å². The zero-order valence-corrected chi connectivity index (χ0v) is 19.6. The third-order valence-corrected chi connectivity index (χ3v) is 6.70. The van der Waals surface area contributed by atoms with Crippen LogP contribution in [-0.4, -0.2) is 43.4 Å². The number of nitrogens with zero attached hydrogens (tertiary/aromatic N) is 1. The van der Waals surface area contributed by atoms with Crippen molar-refractivity contribution in [3.63, 3.8) is 0 Å². The monoisotopic (exact) mass is 493 g/mol. The van der Waals surface area contributed by atoms with E-state index in [0.717, 1.165) is 11.0 Å². The molecule has 0 spiro atoms. The molecule has 0 fully saturated rings. The lowest BCUT2D eigenvalue weighted by Crippen LogP contribution is -2.34. The second-order valence-corrected chi connectivity index (χ2v) is 9.38. The number of hydrogen-bond acceptors (Lipinski definition) is 7. The Bertz CT molecular complexity index is 1390. The van der Waals surface area contributed by atoms with Gasteiger partial charge in [-0.1, -0.05) is 24.3 Å². The first-order valence-electron chi connectivity index (χ1n) is 10.7. The van der Waals surface area contributed by atoms with Gasteiger partial charge in [-0.25, -0.2) is 8.42 Å². The molecule has 9 nitrogen and oxygen atoms in total. The van der Waals surface area contributed by atoms with E-state index in [0.29, 0.717) is 28.4 Å². The molecule has 0 saturated carbocycles. The number of ether oxygens (including phenoxy) is 1. The van der Waals surface area contributed by atoms with Crippen molar-refractivity contribution in [3.05, 3.63) is 90.1 Å². The third-order valence-electron chi connectivity index (χ3n) is 5.18. The van der Waals surface area contributed by atoms with Crippen molar-refractivity contribution in [2.75, 3.05) is 23.2 Å². The number of anilines is 2. The van der Waals surface area contributed by atoms with Crippen LogP contribution in [0.4, 0.5) is 11.4 Å². The minimum Gasteiger partial charge on any atom is -0.457 e. The summed E-state index contributed by atoms with van der Waals surface area (Å²) in [6.45, 7) is 1.18. The smallest absolute Gasteiger partial charge is 0.277 e. The predicted octanol–water partition coefficient (Wildman–Crippen LogP) is 3.25. The molecule has 4 rings (SSSR count). The normalized spacial score (nSPS) is 13.5. The molecule has 1 aliphatic rings. The first kappa shape index (κ1) is 24.0. The van der Waals surface area contributed by atoms with Crippen molar-refractivity contribution >= 4 is 33.2 Å². The van der Waals surface area contributed by atoms with Crippen molar-refractivity contribution in [1.29, 1.82) is 0 Å². The van der Waals surface area contributed by atoms with Crippen LogP contribution in [0.3, 0.4) is 0 Å². The molecule has 3 aromatic carbocycles. The maximum Gasteiger partial charge on any atom is 0.277 e. The molecule has 1 aliphatic heterocycles. The highest BCUT2D eigenvalue weighted by Gasteiger charge is 2.30. The van der Waals surface area contributed by atoms with Crippen molar-refractivity contribution in [2.45, 2.75) is 11.8 Å². The van der Waals surface area contributed by atoms with Gasteiger partial charge in [0.2, 0.25) is 0 Å². The lowest BCUT2D eigenvalue weighted by atomic mass is 10.2. The Morgan fingerprint density at radius 3 is 2.26 bits per heavy atom. The summed E-state index contributed by atoms with van der Waals surface area (Å²) >= 11 is 0. The molecule has 3 N–H and O–H groups in total. The summed E-state index contributed by atoms with van der Waals surface area (Å²) in [4.78, 5) is 25.2. The molecular formula is C25H23N3O6S. The summed E-state index contributed by atoms with van der Waals surface area (Å²) in [5, 5.41) is 11.8. The van der Waals surface area contributed by atoms with E-state index in [9.17, 15) is 18.0 Å². The molecule has 0 radical (unpaired) electrons. The molecule has 0 atom stereocenters. The van der Waals surface area contributed by atoms with Gasteiger partial charge in [-0.3, -0.25) is 19.2 Å². The molecule has 180 valence electrons. The summed E-state index contributed by atoms with van der Waals surface area (Å²) in [5.41, 5.74) is 1.16. The Morgan fingerprint density at radius 2 is 1.57 bits per heavy atom. The molecule has 35 heavy (non-hydrogen) atoms. The van der Waals surface area contributed by atoms with Crippen molar-refractivity contribution in [3.8, 4) is 11.5 Å². The molecular weight excluding hydrogens is 470 g/mol. The fraction of sp³-hybridized carbons (Fsp3) is 0.120. The number of imide groups is 1. The van der Waals surface area contributed by atoms with E-state index in [-0.39, 0.29) is 23.7 Å². The molecule has 1 heterocycles. The van der Waals surface area contributed by atoms with E-state index in [2.05, 4.69) is 10.0 Å². The van der Waals surface area contributed by atoms with Crippen LogP contribution in [0.15, 0.2) is 89.5 Å². The van der Waals surface area contributed by atoms with Gasteiger partial charge in [0, 0.05) is 17.5 Å². The highest BCUT2D eigenvalue weighted by molar-refractivity contribution is 7.92. The van der Waals surface area contributed by atoms with E-state index >= 15 is 0 Å². The highest BCUT2D eigenvalue weighted by Crippen LogP contribution is 2.27. The summed E-state index contributed by atoms with van der Waals surface area (Å²) in [6, 6.07) is 20.3. The Morgan fingerprint density at radius 1 is 0.914 bits per heavy atom. The van der Waals surface area contributed by atoms with Crippen LogP contribution in [-0.2, 0) is 19.6 Å². The zero-order valence-electron chi connectivity index (χ0n) is 18.8. The fourth-order valence-electron chi connectivity index (χ4n) is 3.46. The molecule has 0 aliphatic carbocycles. The van der Waals surface area contributed by atoms with Gasteiger partial charge < -0.3 is 15.2 Å². The van der Waals surface area contributed by atoms with E-state index in [1.54, 1.807) is 43.3 Å². The zero-order chi connectivity index (χ0) is 25.0. The number of carbonyl (C=O) groups is 2. The van der Waals surface area contributed by atoms with E-state index in [1.165, 1.54) is 6.07 Å². The Labute approximate surface area is 202 Å². The number of aliphatic hydroxyl groups excluding tert-OH is 1. The van der Waals surface area contributed by atoms with Gasteiger partial charge in [-0.2, -0.15) is 0 Å². The SMILES string of the molecule is Cc1ccc(NC2=CC(=O)N(CCO)C2=O)cc1S(=O)(=O)Nc1ccc(Oc2ccccc2)cc1. The van der Waals surface area contributed by atoms with Crippen molar-refractivity contribution in [1.82, 2.24) is 4.90 Å². The molecule has 0 bridgehead atoms. The van der Waals surface area contributed by atoms with E-state index in [4.69, 9.17) is 9.84 Å². The number of β-amino-alcohol motifs (C(OH)–C–C–N with tert-alkyl or cyclic N) is 1. The number of benzene rings is 3. The van der Waals surface area contributed by atoms with Gasteiger partial charge in [0.05, 0.1) is 18.0 Å². The van der Waals surface area contributed by atoms with Crippen LogP contribution in [0.1, 0.15) is 5.56 Å². The number of amides is 2. The Balaban J connectivity index is 1.49. The van der Waals surface area contributed by atoms with Crippen LogP contribution in [0.25, 0.3) is 0 Å². The maximum absolute atomic E-state index is 13.1.